The maximum Gasteiger partial charge on any atom is 0.319 e. The number of benzene rings is 1. The summed E-state index contributed by atoms with van der Waals surface area (Å²) < 4.78 is 11.7. The number of amides is 2. The van der Waals surface area contributed by atoms with Crippen LogP contribution < -0.4 is 10.6 Å². The summed E-state index contributed by atoms with van der Waals surface area (Å²) in [5.74, 6) is 0. The molecule has 0 aliphatic heterocycles. The van der Waals surface area contributed by atoms with E-state index in [2.05, 4.69) is 10.6 Å². The summed E-state index contributed by atoms with van der Waals surface area (Å²) in [5.41, 5.74) is 0.727. The molecule has 14 heavy (non-hydrogen) atoms. The molecule has 3 nitrogen and oxygen atoms in total. The number of alkyl halides is 1. The summed E-state index contributed by atoms with van der Waals surface area (Å²) in [6.45, 7) is -0.0548. The van der Waals surface area contributed by atoms with Crippen molar-refractivity contribution in [3.63, 3.8) is 0 Å². The molecule has 1 aromatic rings. The zero-order valence-corrected chi connectivity index (χ0v) is 7.79. The van der Waals surface area contributed by atoms with Gasteiger partial charge in [-0.05, 0) is 18.6 Å². The van der Waals surface area contributed by atoms with Gasteiger partial charge in [-0.3, -0.25) is 4.39 Å². The highest BCUT2D eigenvalue weighted by Gasteiger charge is 1.98. The maximum atomic E-state index is 11.7. The van der Waals surface area contributed by atoms with Crippen molar-refractivity contribution in [1.82, 2.24) is 5.32 Å². The fourth-order valence-corrected chi connectivity index (χ4v) is 0.966. The van der Waals surface area contributed by atoms with Gasteiger partial charge in [-0.1, -0.05) is 18.2 Å². The molecule has 0 aliphatic rings. The van der Waals surface area contributed by atoms with Crippen molar-refractivity contribution in [2.75, 3.05) is 18.5 Å². The van der Waals surface area contributed by atoms with Crippen LogP contribution in [0.1, 0.15) is 6.42 Å². The molecule has 2 N–H and O–H groups in total. The average molecular weight is 196 g/mol. The Morgan fingerprint density at radius 1 is 1.29 bits per heavy atom. The molecule has 0 bridgehead atoms. The topological polar surface area (TPSA) is 41.1 Å². The highest BCUT2D eigenvalue weighted by molar-refractivity contribution is 5.89. The lowest BCUT2D eigenvalue weighted by atomic mass is 10.3. The van der Waals surface area contributed by atoms with Crippen LogP contribution in [0.2, 0.25) is 0 Å². The van der Waals surface area contributed by atoms with Gasteiger partial charge in [0, 0.05) is 12.2 Å². The molecule has 0 aromatic heterocycles. The van der Waals surface area contributed by atoms with E-state index >= 15 is 0 Å². The number of hydrogen-bond donors (Lipinski definition) is 2. The summed E-state index contributed by atoms with van der Waals surface area (Å²) in [7, 11) is 0. The number of urea groups is 1. The normalized spacial score (nSPS) is 9.50. The Kier molecular flexibility index (Phi) is 4.47. The van der Waals surface area contributed by atoms with Crippen LogP contribution in [0.5, 0.6) is 0 Å². The van der Waals surface area contributed by atoms with Crippen molar-refractivity contribution in [2.24, 2.45) is 0 Å². The number of halogens is 1. The van der Waals surface area contributed by atoms with E-state index in [9.17, 15) is 9.18 Å². The van der Waals surface area contributed by atoms with Crippen molar-refractivity contribution < 1.29 is 9.18 Å². The molecule has 0 atom stereocenters. The molecular weight excluding hydrogens is 183 g/mol. The molecule has 0 heterocycles. The first-order valence-corrected chi connectivity index (χ1v) is 4.49. The van der Waals surface area contributed by atoms with Crippen molar-refractivity contribution >= 4 is 11.7 Å². The predicted octanol–water partition coefficient (Wildman–Crippen LogP) is 2.17. The van der Waals surface area contributed by atoms with Crippen molar-refractivity contribution in [1.29, 1.82) is 0 Å². The van der Waals surface area contributed by atoms with Crippen molar-refractivity contribution in [3.05, 3.63) is 30.3 Å². The Hall–Kier alpha value is -1.58. The zero-order valence-electron chi connectivity index (χ0n) is 7.79. The molecule has 1 aromatic carbocycles. The van der Waals surface area contributed by atoms with Gasteiger partial charge in [-0.2, -0.15) is 0 Å². The van der Waals surface area contributed by atoms with Gasteiger partial charge >= 0.3 is 6.03 Å². The number of para-hydroxylation sites is 1. The molecule has 0 radical (unpaired) electrons. The SMILES string of the molecule is O=C(NCCCF)Nc1ccccc1. The Bertz CT molecular complexity index is 277. The third kappa shape index (κ3) is 3.89. The summed E-state index contributed by atoms with van der Waals surface area (Å²) in [4.78, 5) is 11.1. The fourth-order valence-electron chi connectivity index (χ4n) is 0.966. The number of hydrogen-bond acceptors (Lipinski definition) is 1. The molecule has 0 spiro atoms. The van der Waals surface area contributed by atoms with Gasteiger partial charge in [0.05, 0.1) is 6.67 Å². The highest BCUT2D eigenvalue weighted by Crippen LogP contribution is 2.03. The molecule has 0 unspecified atom stereocenters. The first-order chi connectivity index (χ1) is 6.83. The quantitative estimate of drug-likeness (QED) is 0.712. The predicted molar refractivity (Wildman–Crippen MR) is 54.1 cm³/mol. The standard InChI is InChI=1S/C10H13FN2O/c11-7-4-8-12-10(14)13-9-5-2-1-3-6-9/h1-3,5-6H,4,7-8H2,(H2,12,13,14). The summed E-state index contributed by atoms with van der Waals surface area (Å²) in [6.07, 6.45) is 0.349. The van der Waals surface area contributed by atoms with Crippen molar-refractivity contribution in [3.8, 4) is 0 Å². The first-order valence-electron chi connectivity index (χ1n) is 4.49. The lowest BCUT2D eigenvalue weighted by Gasteiger charge is -2.05. The third-order valence-corrected chi connectivity index (χ3v) is 1.63. The number of carbonyl (C=O) groups is 1. The number of rotatable bonds is 4. The van der Waals surface area contributed by atoms with Crippen LogP contribution in [0, 0.1) is 0 Å². The summed E-state index contributed by atoms with van der Waals surface area (Å²) >= 11 is 0. The minimum Gasteiger partial charge on any atom is -0.338 e. The highest BCUT2D eigenvalue weighted by atomic mass is 19.1. The molecule has 4 heteroatoms. The van der Waals surface area contributed by atoms with Gasteiger partial charge in [-0.15, -0.1) is 0 Å². The zero-order chi connectivity index (χ0) is 10.2. The first kappa shape index (κ1) is 10.5. The van der Waals surface area contributed by atoms with E-state index in [1.54, 1.807) is 12.1 Å². The molecule has 0 saturated carbocycles. The monoisotopic (exact) mass is 196 g/mol. The van der Waals surface area contributed by atoms with Gasteiger partial charge in [0.15, 0.2) is 0 Å². The Morgan fingerprint density at radius 2 is 2.00 bits per heavy atom. The average Bonchev–Trinajstić information content (AvgIpc) is 2.20. The van der Waals surface area contributed by atoms with Crippen LogP contribution >= 0.6 is 0 Å². The van der Waals surface area contributed by atoms with Crippen LogP contribution in [-0.2, 0) is 0 Å². The van der Waals surface area contributed by atoms with E-state index in [-0.39, 0.29) is 6.03 Å². The molecule has 2 amide bonds. The maximum absolute atomic E-state index is 11.7. The van der Waals surface area contributed by atoms with E-state index in [0.29, 0.717) is 13.0 Å². The minimum atomic E-state index is -0.411. The van der Waals surface area contributed by atoms with Crippen LogP contribution in [0.15, 0.2) is 30.3 Å². The Balaban J connectivity index is 2.27. The van der Waals surface area contributed by atoms with E-state index in [1.165, 1.54) is 0 Å². The van der Waals surface area contributed by atoms with E-state index in [0.717, 1.165) is 5.69 Å². The molecule has 76 valence electrons. The molecule has 0 fully saturated rings. The molecule has 0 aliphatic carbocycles. The van der Waals surface area contributed by atoms with Crippen molar-refractivity contribution in [2.45, 2.75) is 6.42 Å². The van der Waals surface area contributed by atoms with E-state index in [1.807, 2.05) is 18.2 Å². The Labute approximate surface area is 82.3 Å². The molecule has 0 saturated heterocycles. The smallest absolute Gasteiger partial charge is 0.319 e. The number of anilines is 1. The van der Waals surface area contributed by atoms with Gasteiger partial charge < -0.3 is 10.6 Å². The third-order valence-electron chi connectivity index (χ3n) is 1.63. The minimum absolute atomic E-state index is 0.301. The summed E-state index contributed by atoms with van der Waals surface area (Å²) in [5, 5.41) is 5.17. The van der Waals surface area contributed by atoms with Crippen LogP contribution in [-0.4, -0.2) is 19.3 Å². The number of carbonyl (C=O) groups excluding carboxylic acids is 1. The van der Waals surface area contributed by atoms with Gasteiger partial charge in [0.1, 0.15) is 0 Å². The fraction of sp³-hybridized carbons (Fsp3) is 0.300. The lowest BCUT2D eigenvalue weighted by Crippen LogP contribution is -2.29. The number of nitrogens with one attached hydrogen (secondary N) is 2. The van der Waals surface area contributed by atoms with E-state index in [4.69, 9.17) is 0 Å². The largest absolute Gasteiger partial charge is 0.338 e. The lowest BCUT2D eigenvalue weighted by molar-refractivity contribution is 0.251. The second kappa shape index (κ2) is 5.96. The van der Waals surface area contributed by atoms with Gasteiger partial charge in [0.2, 0.25) is 0 Å². The second-order valence-corrected chi connectivity index (χ2v) is 2.79. The molecular formula is C10H13FN2O. The van der Waals surface area contributed by atoms with Gasteiger partial charge in [0.25, 0.3) is 0 Å². The van der Waals surface area contributed by atoms with E-state index < -0.39 is 6.67 Å². The van der Waals surface area contributed by atoms with Gasteiger partial charge in [-0.25, -0.2) is 4.79 Å². The van der Waals surface area contributed by atoms with Crippen LogP contribution in [0.4, 0.5) is 14.9 Å². The van der Waals surface area contributed by atoms with Crippen LogP contribution in [0.3, 0.4) is 0 Å². The molecule has 1 rings (SSSR count). The Morgan fingerprint density at radius 3 is 2.64 bits per heavy atom. The second-order valence-electron chi connectivity index (χ2n) is 2.79. The summed E-state index contributed by atoms with van der Waals surface area (Å²) in [6, 6.07) is 8.80. The van der Waals surface area contributed by atoms with Crippen LogP contribution in [0.25, 0.3) is 0 Å².